The molecule has 0 rings (SSSR count). The van der Waals surface area contributed by atoms with Gasteiger partial charge < -0.3 is 32.5 Å². The van der Waals surface area contributed by atoms with Crippen LogP contribution in [0.5, 0.6) is 0 Å². The number of carboxylic acids is 2. The second-order valence-corrected chi connectivity index (χ2v) is 2.27. The van der Waals surface area contributed by atoms with E-state index in [0.717, 1.165) is 0 Å². The lowest BCUT2D eigenvalue weighted by Gasteiger charge is -1.97. The Morgan fingerprint density at radius 1 is 1.07 bits per heavy atom. The predicted molar refractivity (Wildman–Crippen MR) is 47.4 cm³/mol. The van der Waals surface area contributed by atoms with Crippen LogP contribution in [-0.4, -0.2) is 52.5 Å². The third-order valence-electron chi connectivity index (χ3n) is 1.08. The largest absolute Gasteiger partial charge is 0.480 e. The maximum absolute atomic E-state index is 9.73. The van der Waals surface area contributed by atoms with Crippen LogP contribution < -0.4 is 17.2 Å². The number of aliphatic carboxylic acids is 2. The average Bonchev–Trinajstić information content (AvgIpc) is 2.15. The molecule has 0 aliphatic heterocycles. The molecule has 8 heteroatoms. The van der Waals surface area contributed by atoms with E-state index >= 15 is 0 Å². The molecular weight excluding hydrogens is 194 g/mol. The maximum atomic E-state index is 9.73. The Hall–Kier alpha value is -1.22. The zero-order chi connectivity index (χ0) is 11.7. The highest BCUT2D eigenvalue weighted by Crippen LogP contribution is 1.73. The van der Waals surface area contributed by atoms with E-state index in [9.17, 15) is 9.59 Å². The Kier molecular flexibility index (Phi) is 9.14. The van der Waals surface area contributed by atoms with Crippen molar-refractivity contribution < 1.29 is 24.9 Å². The Morgan fingerprint density at radius 3 is 1.50 bits per heavy atom. The minimum atomic E-state index is -1.40. The van der Waals surface area contributed by atoms with Gasteiger partial charge in [-0.25, -0.2) is 4.79 Å². The van der Waals surface area contributed by atoms with Crippen molar-refractivity contribution >= 4 is 11.9 Å². The standard InChI is InChI=1S/C3H8N2O2.C3H7NO3/c2*4-1-2(5)3(6)7/h2H,1,4-5H2,(H,6,7);2,5H,1,4H2,(H,6,7). The first-order chi connectivity index (χ1) is 6.36. The van der Waals surface area contributed by atoms with E-state index in [4.69, 9.17) is 32.5 Å². The molecule has 84 valence electrons. The minimum Gasteiger partial charge on any atom is -0.480 e. The summed E-state index contributed by atoms with van der Waals surface area (Å²) >= 11 is 0. The van der Waals surface area contributed by atoms with E-state index in [2.05, 4.69) is 0 Å². The molecule has 0 aromatic rings. The minimum absolute atomic E-state index is 0.00463. The summed E-state index contributed by atoms with van der Waals surface area (Å²) in [5.74, 6) is -2.33. The summed E-state index contributed by atoms with van der Waals surface area (Å²) in [6.07, 6.45) is -1.40. The maximum Gasteiger partial charge on any atom is 0.333 e. The molecule has 2 atom stereocenters. The molecule has 0 saturated heterocycles. The average molecular weight is 209 g/mol. The monoisotopic (exact) mass is 209 g/mol. The molecule has 9 N–H and O–H groups in total. The molecular formula is C6H15N3O5. The van der Waals surface area contributed by atoms with E-state index in [-0.39, 0.29) is 13.1 Å². The van der Waals surface area contributed by atoms with Crippen LogP contribution in [0.3, 0.4) is 0 Å². The molecule has 0 bridgehead atoms. The first kappa shape index (κ1) is 15.3. The molecule has 0 aliphatic carbocycles. The summed E-state index contributed by atoms with van der Waals surface area (Å²) in [5, 5.41) is 24.0. The number of carboxylic acid groups (broad SMARTS) is 2. The van der Waals surface area contributed by atoms with Crippen molar-refractivity contribution in [1.82, 2.24) is 0 Å². The van der Waals surface area contributed by atoms with Crippen molar-refractivity contribution in [2.24, 2.45) is 17.2 Å². The van der Waals surface area contributed by atoms with Gasteiger partial charge in [0.05, 0.1) is 0 Å². The number of hydrogen-bond acceptors (Lipinski definition) is 6. The fourth-order valence-electron chi connectivity index (χ4n) is 0.202. The highest BCUT2D eigenvalue weighted by molar-refractivity contribution is 5.73. The molecule has 0 fully saturated rings. The summed E-state index contributed by atoms with van der Waals surface area (Å²) in [6.45, 7) is -0.231. The van der Waals surface area contributed by atoms with Gasteiger partial charge in [-0.1, -0.05) is 0 Å². The van der Waals surface area contributed by atoms with Gasteiger partial charge >= 0.3 is 11.9 Å². The lowest BCUT2D eigenvalue weighted by Crippen LogP contribution is -2.37. The molecule has 0 radical (unpaired) electrons. The van der Waals surface area contributed by atoms with Gasteiger partial charge in [0.2, 0.25) is 0 Å². The first-order valence-electron chi connectivity index (χ1n) is 3.66. The second-order valence-electron chi connectivity index (χ2n) is 2.27. The van der Waals surface area contributed by atoms with Crippen LogP contribution in [0.15, 0.2) is 0 Å². The van der Waals surface area contributed by atoms with Crippen LogP contribution >= 0.6 is 0 Å². The van der Waals surface area contributed by atoms with E-state index in [1.54, 1.807) is 0 Å². The van der Waals surface area contributed by atoms with Crippen LogP contribution in [0.1, 0.15) is 0 Å². The molecule has 2 unspecified atom stereocenters. The predicted octanol–water partition coefficient (Wildman–Crippen LogP) is -3.25. The lowest BCUT2D eigenvalue weighted by atomic mass is 10.3. The number of aliphatic hydroxyl groups is 1. The van der Waals surface area contributed by atoms with Crippen molar-refractivity contribution in [3.8, 4) is 0 Å². The highest BCUT2D eigenvalue weighted by atomic mass is 16.4. The molecule has 0 spiro atoms. The molecule has 0 aromatic heterocycles. The smallest absolute Gasteiger partial charge is 0.333 e. The van der Waals surface area contributed by atoms with E-state index < -0.39 is 24.1 Å². The van der Waals surface area contributed by atoms with Gasteiger partial charge in [0.15, 0.2) is 6.10 Å². The number of aliphatic hydroxyl groups excluding tert-OH is 1. The lowest BCUT2D eigenvalue weighted by molar-refractivity contribution is -0.146. The number of carbonyl (C=O) groups is 2. The van der Waals surface area contributed by atoms with Crippen LogP contribution in [-0.2, 0) is 9.59 Å². The van der Waals surface area contributed by atoms with Gasteiger partial charge in [0.25, 0.3) is 0 Å². The van der Waals surface area contributed by atoms with Crippen LogP contribution in [0.4, 0.5) is 0 Å². The van der Waals surface area contributed by atoms with Gasteiger partial charge in [0, 0.05) is 13.1 Å². The SMILES string of the molecule is NCC(N)C(=O)O.NCC(O)C(=O)O. The number of nitrogens with two attached hydrogens (primary N) is 3. The van der Waals surface area contributed by atoms with Gasteiger partial charge in [-0.05, 0) is 0 Å². The summed E-state index contributed by atoms with van der Waals surface area (Å²) in [6, 6.07) is -0.903. The van der Waals surface area contributed by atoms with Gasteiger partial charge in [-0.3, -0.25) is 4.79 Å². The quantitative estimate of drug-likeness (QED) is 0.280. The third-order valence-corrected chi connectivity index (χ3v) is 1.08. The molecule has 0 saturated carbocycles. The van der Waals surface area contributed by atoms with Crippen LogP contribution in [0, 0.1) is 0 Å². The zero-order valence-corrected chi connectivity index (χ0v) is 7.46. The Labute approximate surface area is 80.3 Å². The van der Waals surface area contributed by atoms with Crippen molar-refractivity contribution in [2.45, 2.75) is 12.1 Å². The Bertz CT molecular complexity index is 166. The molecule has 0 amide bonds. The highest BCUT2D eigenvalue weighted by Gasteiger charge is 2.08. The second kappa shape index (κ2) is 8.38. The van der Waals surface area contributed by atoms with Gasteiger partial charge in [-0.2, -0.15) is 0 Å². The number of rotatable bonds is 4. The summed E-state index contributed by atoms with van der Waals surface area (Å²) in [5.41, 5.74) is 14.5. The van der Waals surface area contributed by atoms with Crippen LogP contribution in [0.2, 0.25) is 0 Å². The van der Waals surface area contributed by atoms with Crippen LogP contribution in [0.25, 0.3) is 0 Å². The first-order valence-corrected chi connectivity index (χ1v) is 3.66. The zero-order valence-electron chi connectivity index (χ0n) is 7.46. The van der Waals surface area contributed by atoms with Gasteiger partial charge in [-0.15, -0.1) is 0 Å². The van der Waals surface area contributed by atoms with E-state index in [1.165, 1.54) is 0 Å². The number of hydrogen-bond donors (Lipinski definition) is 6. The van der Waals surface area contributed by atoms with Crippen molar-refractivity contribution in [1.29, 1.82) is 0 Å². The van der Waals surface area contributed by atoms with Gasteiger partial charge in [0.1, 0.15) is 6.04 Å². The fraction of sp³-hybridized carbons (Fsp3) is 0.667. The Balaban J connectivity index is 0. The molecule has 14 heavy (non-hydrogen) atoms. The topological polar surface area (TPSA) is 173 Å². The molecule has 0 heterocycles. The van der Waals surface area contributed by atoms with Crippen molar-refractivity contribution in [3.63, 3.8) is 0 Å². The van der Waals surface area contributed by atoms with Crippen molar-refractivity contribution in [2.75, 3.05) is 13.1 Å². The Morgan fingerprint density at radius 2 is 1.50 bits per heavy atom. The molecule has 8 nitrogen and oxygen atoms in total. The van der Waals surface area contributed by atoms with E-state index in [1.807, 2.05) is 0 Å². The summed E-state index contributed by atoms with van der Waals surface area (Å²) in [4.78, 5) is 19.3. The molecule has 0 aromatic carbocycles. The van der Waals surface area contributed by atoms with E-state index in [0.29, 0.717) is 0 Å². The molecule has 0 aliphatic rings. The normalized spacial score (nSPS) is 13.4. The summed E-state index contributed by atoms with van der Waals surface area (Å²) in [7, 11) is 0. The third kappa shape index (κ3) is 8.87. The van der Waals surface area contributed by atoms with Crippen molar-refractivity contribution in [3.05, 3.63) is 0 Å². The summed E-state index contributed by atoms with van der Waals surface area (Å²) < 4.78 is 0. The fourth-order valence-corrected chi connectivity index (χ4v) is 0.202.